The third-order valence-corrected chi connectivity index (χ3v) is 11.3. The van der Waals surface area contributed by atoms with Crippen molar-refractivity contribution in [3.05, 3.63) is 82.4 Å². The Labute approximate surface area is 270 Å². The second-order valence-corrected chi connectivity index (χ2v) is 14.6. The molecule has 45 heavy (non-hydrogen) atoms. The van der Waals surface area contributed by atoms with Gasteiger partial charge in [-0.15, -0.1) is 0 Å². The van der Waals surface area contributed by atoms with Crippen molar-refractivity contribution < 1.29 is 25.2 Å². The van der Waals surface area contributed by atoms with Gasteiger partial charge >= 0.3 is 0 Å². The van der Waals surface area contributed by atoms with Gasteiger partial charge in [0.2, 0.25) is 0 Å². The summed E-state index contributed by atoms with van der Waals surface area (Å²) >= 11 is 0. The average molecular weight is 618 g/mol. The largest absolute Gasteiger partial charge is 0.394 e. The number of rotatable bonds is 9. The summed E-state index contributed by atoms with van der Waals surface area (Å²) in [5.74, 6) is 0.260. The summed E-state index contributed by atoms with van der Waals surface area (Å²) in [4.78, 5) is 16.4. The monoisotopic (exact) mass is 617 g/mol. The van der Waals surface area contributed by atoms with Crippen LogP contribution in [0.5, 0.6) is 0 Å². The molecule has 4 aliphatic carbocycles. The second kappa shape index (κ2) is 15.0. The summed E-state index contributed by atoms with van der Waals surface area (Å²) in [7, 11) is 0. The van der Waals surface area contributed by atoms with E-state index in [1.165, 1.54) is 12.0 Å². The molecule has 2 fully saturated rings. The van der Waals surface area contributed by atoms with E-state index in [0.29, 0.717) is 32.4 Å². The van der Waals surface area contributed by atoms with Crippen LogP contribution < -0.4 is 0 Å². The van der Waals surface area contributed by atoms with E-state index in [2.05, 4.69) is 55.2 Å². The minimum atomic E-state index is -1.07. The summed E-state index contributed by atoms with van der Waals surface area (Å²) in [6, 6.07) is 16.4. The van der Waals surface area contributed by atoms with Gasteiger partial charge in [-0.3, -0.25) is 9.69 Å². The fourth-order valence-electron chi connectivity index (χ4n) is 8.55. The van der Waals surface area contributed by atoms with Gasteiger partial charge in [-0.25, -0.2) is 0 Å². The van der Waals surface area contributed by atoms with E-state index in [1.807, 2.05) is 18.2 Å². The molecule has 0 unspecified atom stereocenters. The highest BCUT2D eigenvalue weighted by Gasteiger charge is 2.57. The molecule has 0 radical (unpaired) electrons. The number of Topliss-reactive ketones (excluding diaryl/α,β-unsaturated/α-hetero) is 1. The number of aliphatic hydroxyl groups is 4. The molecule has 6 rings (SSSR count). The fourth-order valence-corrected chi connectivity index (χ4v) is 8.55. The number of nitrogens with zero attached hydrogens (tertiary/aromatic N) is 1. The Hall–Kier alpha value is -2.35. The quantitative estimate of drug-likeness (QED) is 0.194. The molecule has 0 saturated heterocycles. The lowest BCUT2D eigenvalue weighted by Gasteiger charge is -2.46. The summed E-state index contributed by atoms with van der Waals surface area (Å²) in [6.07, 6.45) is 11.1. The minimum Gasteiger partial charge on any atom is -0.394 e. The first kappa shape index (κ1) is 34.0. The smallest absolute Gasteiger partial charge is 0.166 e. The van der Waals surface area contributed by atoms with E-state index < -0.39 is 23.2 Å². The normalized spacial score (nSPS) is 28.8. The lowest BCUT2D eigenvalue weighted by molar-refractivity contribution is -0.0907. The molecule has 6 heteroatoms. The van der Waals surface area contributed by atoms with Gasteiger partial charge in [0.05, 0.1) is 24.4 Å². The molecule has 4 N–H and O–H groups in total. The standard InChI is InChI=1S/C39H55NO5/c1-28-10-9-20-38(2)36(19-21-39(38,45)27-40(25-33(43)26-41)24-29-11-5-3-6-12-29)34-18-16-30(22-32(42)17-15-28)23-35(34)37(44)31-13-7-4-8-14-31/h3,5-6,10-12,16,18,23,31-33,36,41-43,45H,4,7-9,13-15,17,19-22,24-27H2,1-2H3/t32-,33-,36-,38-,39+/m0/s1. The lowest BCUT2D eigenvalue weighted by atomic mass is 9.64. The van der Waals surface area contributed by atoms with Gasteiger partial charge in [0.15, 0.2) is 5.78 Å². The molecule has 2 aromatic carbocycles. The van der Waals surface area contributed by atoms with Crippen LogP contribution in [0.4, 0.5) is 0 Å². The van der Waals surface area contributed by atoms with Crippen molar-refractivity contribution in [2.24, 2.45) is 11.3 Å². The molecular weight excluding hydrogens is 562 g/mol. The van der Waals surface area contributed by atoms with Crippen molar-refractivity contribution >= 4 is 5.78 Å². The van der Waals surface area contributed by atoms with Crippen molar-refractivity contribution in [2.45, 2.75) is 121 Å². The predicted molar refractivity (Wildman–Crippen MR) is 179 cm³/mol. The van der Waals surface area contributed by atoms with Crippen molar-refractivity contribution in [2.75, 3.05) is 19.7 Å². The van der Waals surface area contributed by atoms with E-state index in [-0.39, 0.29) is 30.8 Å². The number of carbonyl (C=O) groups is 1. The highest BCUT2D eigenvalue weighted by molar-refractivity contribution is 5.99. The number of carbonyl (C=O) groups excluding carboxylic acids is 1. The maximum Gasteiger partial charge on any atom is 0.166 e. The molecule has 5 atom stereocenters. The van der Waals surface area contributed by atoms with Crippen LogP contribution in [0.15, 0.2) is 60.2 Å². The van der Waals surface area contributed by atoms with Crippen molar-refractivity contribution in [1.82, 2.24) is 4.90 Å². The van der Waals surface area contributed by atoms with E-state index in [4.69, 9.17) is 0 Å². The predicted octanol–water partition coefficient (Wildman–Crippen LogP) is 6.34. The Morgan fingerprint density at radius 3 is 2.51 bits per heavy atom. The summed E-state index contributed by atoms with van der Waals surface area (Å²) in [5, 5.41) is 43.9. The Balaban J connectivity index is 1.55. The second-order valence-electron chi connectivity index (χ2n) is 14.6. The molecular formula is C39H55NO5. The van der Waals surface area contributed by atoms with Crippen LogP contribution in [-0.4, -0.2) is 68.6 Å². The SMILES string of the molecule is CC1=CCC[C@@]2(C)[C@@H](CC[C@@]2(O)CN(Cc2ccccc2)C[C@H](O)CO)c2ccc(cc2C(=O)C2CCCCC2)C[C@@H](O)CC1. The van der Waals surface area contributed by atoms with Crippen molar-refractivity contribution in [3.63, 3.8) is 0 Å². The van der Waals surface area contributed by atoms with Crippen LogP contribution in [0.1, 0.15) is 117 Å². The molecule has 0 aliphatic heterocycles. The molecule has 0 heterocycles. The minimum absolute atomic E-state index is 0.0120. The molecule has 246 valence electrons. The van der Waals surface area contributed by atoms with Gasteiger partial charge in [-0.1, -0.05) is 80.3 Å². The lowest BCUT2D eigenvalue weighted by Crippen LogP contribution is -2.53. The van der Waals surface area contributed by atoms with Gasteiger partial charge in [0.1, 0.15) is 0 Å². The van der Waals surface area contributed by atoms with Gasteiger partial charge in [-0.05, 0) is 93.4 Å². The zero-order chi connectivity index (χ0) is 32.0. The summed E-state index contributed by atoms with van der Waals surface area (Å²) in [6.45, 7) is 5.20. The zero-order valence-corrected chi connectivity index (χ0v) is 27.5. The van der Waals surface area contributed by atoms with Crippen molar-refractivity contribution in [1.29, 1.82) is 0 Å². The molecule has 2 bridgehead atoms. The number of allylic oxidation sites excluding steroid dienone is 2. The first-order valence-electron chi connectivity index (χ1n) is 17.4. The molecule has 6 nitrogen and oxygen atoms in total. The number of hydrogen-bond donors (Lipinski definition) is 4. The Kier molecular flexibility index (Phi) is 11.4. The maximum atomic E-state index is 14.3. The van der Waals surface area contributed by atoms with Crippen LogP contribution in [0.25, 0.3) is 0 Å². The van der Waals surface area contributed by atoms with E-state index in [0.717, 1.165) is 73.6 Å². The third kappa shape index (κ3) is 7.97. The van der Waals surface area contributed by atoms with Crippen LogP contribution in [0.3, 0.4) is 0 Å². The zero-order valence-electron chi connectivity index (χ0n) is 27.5. The number of ketones is 1. The molecule has 2 aromatic rings. The van der Waals surface area contributed by atoms with E-state index >= 15 is 0 Å². The van der Waals surface area contributed by atoms with Crippen LogP contribution in [-0.2, 0) is 13.0 Å². The fraction of sp³-hybridized carbons (Fsp3) is 0.615. The molecule has 2 saturated carbocycles. The number of hydrogen-bond acceptors (Lipinski definition) is 6. The van der Waals surface area contributed by atoms with Crippen LogP contribution >= 0.6 is 0 Å². The van der Waals surface area contributed by atoms with Gasteiger partial charge < -0.3 is 20.4 Å². The highest BCUT2D eigenvalue weighted by atomic mass is 16.3. The summed E-state index contributed by atoms with van der Waals surface area (Å²) in [5.41, 5.74) is 3.60. The Bertz CT molecular complexity index is 1300. The van der Waals surface area contributed by atoms with Crippen molar-refractivity contribution in [3.8, 4) is 0 Å². The summed E-state index contributed by atoms with van der Waals surface area (Å²) < 4.78 is 0. The molecule has 0 spiro atoms. The van der Waals surface area contributed by atoms with Gasteiger partial charge in [-0.2, -0.15) is 0 Å². The number of benzene rings is 2. The molecule has 4 aliphatic rings. The molecule has 0 amide bonds. The first-order valence-corrected chi connectivity index (χ1v) is 17.4. The van der Waals surface area contributed by atoms with Crippen LogP contribution in [0, 0.1) is 11.3 Å². The van der Waals surface area contributed by atoms with Crippen LogP contribution in [0.2, 0.25) is 0 Å². The average Bonchev–Trinajstić information content (AvgIpc) is 3.29. The highest BCUT2D eigenvalue weighted by Crippen LogP contribution is 2.59. The van der Waals surface area contributed by atoms with E-state index in [9.17, 15) is 25.2 Å². The maximum absolute atomic E-state index is 14.3. The number of fused-ring (bicyclic) bond motifs is 8. The first-order chi connectivity index (χ1) is 21.6. The third-order valence-electron chi connectivity index (χ3n) is 11.3. The van der Waals surface area contributed by atoms with Gasteiger partial charge in [0, 0.05) is 36.5 Å². The van der Waals surface area contributed by atoms with E-state index in [1.54, 1.807) is 0 Å². The van der Waals surface area contributed by atoms with Gasteiger partial charge in [0.25, 0.3) is 0 Å². The Morgan fingerprint density at radius 1 is 1.02 bits per heavy atom. The number of aliphatic hydroxyl groups excluding tert-OH is 3. The molecule has 0 aromatic heterocycles. The topological polar surface area (TPSA) is 101 Å². The Morgan fingerprint density at radius 2 is 1.78 bits per heavy atom.